The Labute approximate surface area is 106 Å². The maximum Gasteiger partial charge on any atom is 0.234 e. The van der Waals surface area contributed by atoms with Crippen molar-refractivity contribution in [3.8, 4) is 0 Å². The highest BCUT2D eigenvalue weighted by Gasteiger charge is 2.24. The molecule has 0 heterocycles. The molecule has 0 saturated carbocycles. The van der Waals surface area contributed by atoms with Gasteiger partial charge in [-0.2, -0.15) is 0 Å². The maximum absolute atomic E-state index is 11.6. The number of ether oxygens (including phenoxy) is 1. The van der Waals surface area contributed by atoms with E-state index in [-0.39, 0.29) is 23.2 Å². The summed E-state index contributed by atoms with van der Waals surface area (Å²) in [6, 6.07) is 0. The molecule has 96 valence electrons. The van der Waals surface area contributed by atoms with E-state index in [1.165, 1.54) is 0 Å². The Morgan fingerprint density at radius 2 is 2.12 bits per heavy atom. The Morgan fingerprint density at radius 1 is 1.56 bits per heavy atom. The van der Waals surface area contributed by atoms with Crippen LogP contribution in [0.25, 0.3) is 0 Å². The van der Waals surface area contributed by atoms with Crippen LogP contribution in [0.3, 0.4) is 0 Å². The normalized spacial score (nSPS) is 16.9. The zero-order valence-electron chi connectivity index (χ0n) is 10.4. The lowest BCUT2D eigenvalue weighted by Gasteiger charge is -2.24. The Hall–Kier alpha value is -0.130. The van der Waals surface area contributed by atoms with Crippen molar-refractivity contribution in [1.82, 2.24) is 5.32 Å². The first-order chi connectivity index (χ1) is 7.30. The lowest BCUT2D eigenvalue weighted by molar-refractivity contribution is -0.122. The van der Waals surface area contributed by atoms with Gasteiger partial charge in [0.1, 0.15) is 0 Å². The molecule has 0 aromatic rings. The predicted molar refractivity (Wildman–Crippen MR) is 67.7 cm³/mol. The van der Waals surface area contributed by atoms with Crippen LogP contribution in [0.1, 0.15) is 27.2 Å². The highest BCUT2D eigenvalue weighted by molar-refractivity contribution is 9.10. The van der Waals surface area contributed by atoms with Gasteiger partial charge in [-0.15, -0.1) is 0 Å². The van der Waals surface area contributed by atoms with E-state index in [4.69, 9.17) is 4.74 Å². The fourth-order valence-electron chi connectivity index (χ4n) is 1.09. The first-order valence-corrected chi connectivity index (χ1v) is 6.35. The molecular weight excluding hydrogens is 274 g/mol. The van der Waals surface area contributed by atoms with E-state index in [1.54, 1.807) is 14.0 Å². The second-order valence-electron chi connectivity index (χ2n) is 4.60. The van der Waals surface area contributed by atoms with Gasteiger partial charge in [0.05, 0.1) is 10.4 Å². The number of alkyl halides is 1. The Bertz CT molecular complexity index is 219. The summed E-state index contributed by atoms with van der Waals surface area (Å²) in [5, 5.41) is 12.6. The van der Waals surface area contributed by atoms with Crippen LogP contribution in [0.15, 0.2) is 0 Å². The zero-order chi connectivity index (χ0) is 12.8. The van der Waals surface area contributed by atoms with Gasteiger partial charge >= 0.3 is 0 Å². The lowest BCUT2D eigenvalue weighted by Crippen LogP contribution is -2.44. The van der Waals surface area contributed by atoms with Crippen LogP contribution in [-0.4, -0.2) is 41.7 Å². The second-order valence-corrected chi connectivity index (χ2v) is 5.59. The van der Waals surface area contributed by atoms with Crippen molar-refractivity contribution in [1.29, 1.82) is 0 Å². The molecule has 0 aliphatic heterocycles. The van der Waals surface area contributed by atoms with Crippen molar-refractivity contribution in [2.45, 2.75) is 37.6 Å². The van der Waals surface area contributed by atoms with Crippen LogP contribution < -0.4 is 5.32 Å². The van der Waals surface area contributed by atoms with E-state index in [9.17, 15) is 9.90 Å². The summed E-state index contributed by atoms with van der Waals surface area (Å²) in [7, 11) is 1.59. The van der Waals surface area contributed by atoms with Crippen molar-refractivity contribution in [3.63, 3.8) is 0 Å². The first kappa shape index (κ1) is 15.9. The van der Waals surface area contributed by atoms with E-state index in [1.807, 2.05) is 13.8 Å². The van der Waals surface area contributed by atoms with Gasteiger partial charge in [-0.1, -0.05) is 29.8 Å². The van der Waals surface area contributed by atoms with Crippen molar-refractivity contribution >= 4 is 21.8 Å². The number of nitrogens with one attached hydrogen (secondary N) is 1. The number of carbonyl (C=O) groups is 1. The fraction of sp³-hybridized carbons (Fsp3) is 0.909. The Morgan fingerprint density at radius 3 is 2.56 bits per heavy atom. The topological polar surface area (TPSA) is 58.6 Å². The van der Waals surface area contributed by atoms with E-state index < -0.39 is 5.60 Å². The molecule has 0 aliphatic carbocycles. The van der Waals surface area contributed by atoms with E-state index in [2.05, 4.69) is 21.2 Å². The van der Waals surface area contributed by atoms with Gasteiger partial charge in [0.15, 0.2) is 0 Å². The molecule has 0 radical (unpaired) electrons. The minimum Gasteiger partial charge on any atom is -0.388 e. The monoisotopic (exact) mass is 295 g/mol. The minimum absolute atomic E-state index is 0.0901. The maximum atomic E-state index is 11.6. The van der Waals surface area contributed by atoms with Crippen molar-refractivity contribution in [3.05, 3.63) is 0 Å². The highest BCUT2D eigenvalue weighted by atomic mass is 79.9. The highest BCUT2D eigenvalue weighted by Crippen LogP contribution is 2.13. The molecule has 0 aromatic carbocycles. The third kappa shape index (κ3) is 6.45. The van der Waals surface area contributed by atoms with Crippen molar-refractivity contribution in [2.24, 2.45) is 5.92 Å². The molecule has 4 nitrogen and oxygen atoms in total. The van der Waals surface area contributed by atoms with Crippen LogP contribution in [0.2, 0.25) is 0 Å². The molecule has 0 bridgehead atoms. The van der Waals surface area contributed by atoms with E-state index in [0.29, 0.717) is 13.0 Å². The number of rotatable bonds is 7. The summed E-state index contributed by atoms with van der Waals surface area (Å²) in [6.07, 6.45) is 0.498. The van der Waals surface area contributed by atoms with Crippen LogP contribution >= 0.6 is 15.9 Å². The predicted octanol–water partition coefficient (Wildman–Crippen LogP) is 1.31. The standard InChI is InChI=1S/C11H22BrNO3/c1-8(2)9(12)10(14)13-7-11(3,15)5-6-16-4/h8-9,15H,5-7H2,1-4H3,(H,13,14). The third-order valence-corrected chi connectivity index (χ3v) is 3.80. The summed E-state index contributed by atoms with van der Waals surface area (Å²) in [4.78, 5) is 11.4. The van der Waals surface area contributed by atoms with Gasteiger partial charge in [0.25, 0.3) is 0 Å². The van der Waals surface area contributed by atoms with Crippen LogP contribution in [0.4, 0.5) is 0 Å². The molecular formula is C11H22BrNO3. The summed E-state index contributed by atoms with van der Waals surface area (Å²) < 4.78 is 4.89. The van der Waals surface area contributed by atoms with Crippen LogP contribution in [-0.2, 0) is 9.53 Å². The van der Waals surface area contributed by atoms with Crippen molar-refractivity contribution in [2.75, 3.05) is 20.3 Å². The fourth-order valence-corrected chi connectivity index (χ4v) is 1.25. The number of hydrogen-bond donors (Lipinski definition) is 2. The third-order valence-electron chi connectivity index (χ3n) is 2.32. The van der Waals surface area contributed by atoms with Gasteiger partial charge < -0.3 is 15.2 Å². The number of amides is 1. The second kappa shape index (κ2) is 7.25. The van der Waals surface area contributed by atoms with Gasteiger partial charge in [0, 0.05) is 26.7 Å². The molecule has 2 unspecified atom stereocenters. The minimum atomic E-state index is -0.921. The van der Waals surface area contributed by atoms with E-state index >= 15 is 0 Å². The molecule has 16 heavy (non-hydrogen) atoms. The number of aliphatic hydroxyl groups is 1. The first-order valence-electron chi connectivity index (χ1n) is 5.43. The lowest BCUT2D eigenvalue weighted by atomic mass is 10.0. The molecule has 0 spiro atoms. The number of hydrogen-bond acceptors (Lipinski definition) is 3. The van der Waals surface area contributed by atoms with Gasteiger partial charge in [-0.25, -0.2) is 0 Å². The van der Waals surface area contributed by atoms with Crippen LogP contribution in [0.5, 0.6) is 0 Å². The molecule has 2 atom stereocenters. The molecule has 0 aromatic heterocycles. The van der Waals surface area contributed by atoms with E-state index in [0.717, 1.165) is 0 Å². The van der Waals surface area contributed by atoms with Crippen molar-refractivity contribution < 1.29 is 14.6 Å². The molecule has 0 aliphatic rings. The van der Waals surface area contributed by atoms with Gasteiger partial charge in [0.2, 0.25) is 5.91 Å². The van der Waals surface area contributed by atoms with Gasteiger partial charge in [-0.05, 0) is 12.8 Å². The average molecular weight is 296 g/mol. The molecule has 0 fully saturated rings. The van der Waals surface area contributed by atoms with Crippen LogP contribution in [0, 0.1) is 5.92 Å². The van der Waals surface area contributed by atoms with Gasteiger partial charge in [-0.3, -0.25) is 4.79 Å². The number of methoxy groups -OCH3 is 1. The summed E-state index contributed by atoms with van der Waals surface area (Å²) in [5.41, 5.74) is -0.921. The quantitative estimate of drug-likeness (QED) is 0.696. The molecule has 1 amide bonds. The average Bonchev–Trinajstić information content (AvgIpc) is 2.22. The molecule has 5 heteroatoms. The molecule has 0 rings (SSSR count). The number of carbonyl (C=O) groups excluding carboxylic acids is 1. The summed E-state index contributed by atoms with van der Waals surface area (Å²) in [5.74, 6) is 0.136. The smallest absolute Gasteiger partial charge is 0.234 e. The number of halogens is 1. The summed E-state index contributed by atoms with van der Waals surface area (Å²) >= 11 is 3.31. The zero-order valence-corrected chi connectivity index (χ0v) is 12.0. The Balaban J connectivity index is 3.99. The largest absolute Gasteiger partial charge is 0.388 e. The Kier molecular flexibility index (Phi) is 7.19. The SMILES string of the molecule is COCCC(C)(O)CNC(=O)C(Br)C(C)C. The molecule has 2 N–H and O–H groups in total. The summed E-state index contributed by atoms with van der Waals surface area (Å²) in [6.45, 7) is 6.32. The molecule has 0 saturated heterocycles.